The van der Waals surface area contributed by atoms with Crippen LogP contribution in [0.2, 0.25) is 5.02 Å². The number of nitrogens with zero attached hydrogens (tertiary/aromatic N) is 1. The molecule has 27 heavy (non-hydrogen) atoms. The standard InChI is InChI=1S/C18H19ClN2O6/c1-18(26,17(24)25)11-20-16(23)12-6-7-15(22)21(10-12)8-9-27-14-5-3-2-4-13(14)19/h2-7,10,26H,8-9,11H2,1H3,(H,20,23)(H,24,25). The number of aromatic nitrogens is 1. The number of hydrogen-bond acceptors (Lipinski definition) is 5. The number of rotatable bonds is 8. The minimum atomic E-state index is -2.09. The fourth-order valence-corrected chi connectivity index (χ4v) is 2.28. The van der Waals surface area contributed by atoms with Crippen molar-refractivity contribution in [1.29, 1.82) is 0 Å². The Morgan fingerprint density at radius 3 is 2.63 bits per heavy atom. The van der Waals surface area contributed by atoms with Crippen molar-refractivity contribution in [2.45, 2.75) is 19.1 Å². The molecule has 0 aliphatic carbocycles. The van der Waals surface area contributed by atoms with Gasteiger partial charge in [-0.15, -0.1) is 0 Å². The Balaban J connectivity index is 2.01. The van der Waals surface area contributed by atoms with Crippen LogP contribution in [0.25, 0.3) is 0 Å². The van der Waals surface area contributed by atoms with Crippen LogP contribution in [0.4, 0.5) is 0 Å². The Hall–Kier alpha value is -2.84. The monoisotopic (exact) mass is 394 g/mol. The summed E-state index contributed by atoms with van der Waals surface area (Å²) in [5, 5.41) is 21.3. The minimum absolute atomic E-state index is 0.147. The third-order valence-corrected chi connectivity index (χ3v) is 4.04. The van der Waals surface area contributed by atoms with Gasteiger partial charge in [-0.25, -0.2) is 4.79 Å². The molecule has 2 aromatic rings. The number of aliphatic carboxylic acids is 1. The van der Waals surface area contributed by atoms with E-state index in [1.807, 2.05) is 0 Å². The Labute approximate surface area is 160 Å². The highest BCUT2D eigenvalue weighted by atomic mass is 35.5. The van der Waals surface area contributed by atoms with Crippen molar-refractivity contribution in [2.24, 2.45) is 0 Å². The summed E-state index contributed by atoms with van der Waals surface area (Å²) < 4.78 is 6.82. The molecule has 1 heterocycles. The van der Waals surface area contributed by atoms with Gasteiger partial charge in [0.1, 0.15) is 12.4 Å². The van der Waals surface area contributed by atoms with Crippen molar-refractivity contribution < 1.29 is 24.5 Å². The summed E-state index contributed by atoms with van der Waals surface area (Å²) in [6.45, 7) is 0.930. The third kappa shape index (κ3) is 5.57. The maximum absolute atomic E-state index is 12.1. The molecule has 144 valence electrons. The molecule has 0 aliphatic heterocycles. The maximum Gasteiger partial charge on any atom is 0.337 e. The molecule has 1 atom stereocenters. The van der Waals surface area contributed by atoms with Gasteiger partial charge >= 0.3 is 5.97 Å². The van der Waals surface area contributed by atoms with Crippen LogP contribution in [-0.2, 0) is 11.3 Å². The number of carboxylic acids is 1. The van der Waals surface area contributed by atoms with Crippen LogP contribution in [0.5, 0.6) is 5.75 Å². The van der Waals surface area contributed by atoms with E-state index in [0.717, 1.165) is 6.92 Å². The number of aliphatic hydroxyl groups is 1. The second kappa shape index (κ2) is 8.70. The van der Waals surface area contributed by atoms with E-state index in [-0.39, 0.29) is 24.3 Å². The smallest absolute Gasteiger partial charge is 0.337 e. The zero-order chi connectivity index (χ0) is 20.0. The lowest BCUT2D eigenvalue weighted by molar-refractivity contribution is -0.155. The van der Waals surface area contributed by atoms with Crippen molar-refractivity contribution in [3.63, 3.8) is 0 Å². The number of amides is 1. The van der Waals surface area contributed by atoms with Gasteiger partial charge in [0.25, 0.3) is 11.5 Å². The third-order valence-electron chi connectivity index (χ3n) is 3.73. The van der Waals surface area contributed by atoms with Crippen molar-refractivity contribution >= 4 is 23.5 Å². The molecule has 0 fully saturated rings. The number of benzene rings is 1. The lowest BCUT2D eigenvalue weighted by Gasteiger charge is -2.18. The summed E-state index contributed by atoms with van der Waals surface area (Å²) in [5.74, 6) is -1.58. The van der Waals surface area contributed by atoms with Gasteiger partial charge in [0.15, 0.2) is 5.60 Å². The van der Waals surface area contributed by atoms with Crippen LogP contribution >= 0.6 is 11.6 Å². The number of carboxylic acid groups (broad SMARTS) is 1. The van der Waals surface area contributed by atoms with Crippen LogP contribution in [0.3, 0.4) is 0 Å². The fraction of sp³-hybridized carbons (Fsp3) is 0.278. The van der Waals surface area contributed by atoms with Crippen LogP contribution < -0.4 is 15.6 Å². The average molecular weight is 395 g/mol. The molecule has 2 rings (SSSR count). The summed E-state index contributed by atoms with van der Waals surface area (Å²) in [6.07, 6.45) is 1.34. The number of hydrogen-bond donors (Lipinski definition) is 3. The van der Waals surface area contributed by atoms with E-state index in [2.05, 4.69) is 5.32 Å². The highest BCUT2D eigenvalue weighted by Gasteiger charge is 2.30. The fourth-order valence-electron chi connectivity index (χ4n) is 2.09. The maximum atomic E-state index is 12.1. The first kappa shape index (κ1) is 20.5. The van der Waals surface area contributed by atoms with Gasteiger partial charge in [0.05, 0.1) is 23.7 Å². The highest BCUT2D eigenvalue weighted by Crippen LogP contribution is 2.22. The number of carbonyl (C=O) groups excluding carboxylic acids is 1. The van der Waals surface area contributed by atoms with E-state index in [1.54, 1.807) is 24.3 Å². The number of nitrogens with one attached hydrogen (secondary N) is 1. The zero-order valence-corrected chi connectivity index (χ0v) is 15.3. The second-order valence-corrected chi connectivity index (χ2v) is 6.40. The molecule has 1 aromatic carbocycles. The Morgan fingerprint density at radius 2 is 1.96 bits per heavy atom. The summed E-state index contributed by atoms with van der Waals surface area (Å²) in [7, 11) is 0. The van der Waals surface area contributed by atoms with Crippen molar-refractivity contribution in [2.75, 3.05) is 13.2 Å². The van der Waals surface area contributed by atoms with Crippen LogP contribution in [-0.4, -0.2) is 45.4 Å². The average Bonchev–Trinajstić information content (AvgIpc) is 2.62. The van der Waals surface area contributed by atoms with E-state index < -0.39 is 24.0 Å². The van der Waals surface area contributed by atoms with Gasteiger partial charge in [-0.2, -0.15) is 0 Å². The van der Waals surface area contributed by atoms with Gasteiger partial charge in [0, 0.05) is 12.3 Å². The lowest BCUT2D eigenvalue weighted by Crippen LogP contribution is -2.46. The quantitative estimate of drug-likeness (QED) is 0.618. The van der Waals surface area contributed by atoms with E-state index in [1.165, 1.54) is 22.9 Å². The molecule has 3 N–H and O–H groups in total. The van der Waals surface area contributed by atoms with E-state index in [9.17, 15) is 19.5 Å². The molecular formula is C18H19ClN2O6. The van der Waals surface area contributed by atoms with Crippen molar-refractivity contribution in [3.05, 3.63) is 63.5 Å². The van der Waals surface area contributed by atoms with Gasteiger partial charge in [0.2, 0.25) is 0 Å². The van der Waals surface area contributed by atoms with E-state index >= 15 is 0 Å². The van der Waals surface area contributed by atoms with Gasteiger partial charge in [-0.3, -0.25) is 9.59 Å². The van der Waals surface area contributed by atoms with Gasteiger partial charge in [-0.05, 0) is 25.1 Å². The zero-order valence-electron chi connectivity index (χ0n) is 14.5. The molecular weight excluding hydrogens is 376 g/mol. The van der Waals surface area contributed by atoms with Gasteiger partial charge < -0.3 is 24.8 Å². The molecule has 1 unspecified atom stereocenters. The predicted molar refractivity (Wildman–Crippen MR) is 98.2 cm³/mol. The molecule has 8 nitrogen and oxygen atoms in total. The van der Waals surface area contributed by atoms with E-state index in [4.69, 9.17) is 21.4 Å². The largest absolute Gasteiger partial charge is 0.490 e. The number of para-hydroxylation sites is 1. The van der Waals surface area contributed by atoms with Crippen LogP contribution in [0, 0.1) is 0 Å². The molecule has 0 spiro atoms. The van der Waals surface area contributed by atoms with Crippen molar-refractivity contribution in [3.8, 4) is 5.75 Å². The summed E-state index contributed by atoms with van der Waals surface area (Å²) in [5.41, 5.74) is -2.27. The predicted octanol–water partition coefficient (Wildman–Crippen LogP) is 1.15. The molecule has 1 amide bonds. The molecule has 0 aliphatic rings. The summed E-state index contributed by atoms with van der Waals surface area (Å²) in [6, 6.07) is 9.45. The number of ether oxygens (including phenoxy) is 1. The molecule has 0 radical (unpaired) electrons. The topological polar surface area (TPSA) is 118 Å². The lowest BCUT2D eigenvalue weighted by atomic mass is 10.1. The highest BCUT2D eigenvalue weighted by molar-refractivity contribution is 6.32. The SMILES string of the molecule is CC(O)(CNC(=O)c1ccc(=O)n(CCOc2ccccc2Cl)c1)C(=O)O. The molecule has 0 bridgehead atoms. The van der Waals surface area contributed by atoms with E-state index in [0.29, 0.717) is 10.8 Å². The van der Waals surface area contributed by atoms with Gasteiger partial charge in [-0.1, -0.05) is 23.7 Å². The molecule has 1 aromatic heterocycles. The Morgan fingerprint density at radius 1 is 1.26 bits per heavy atom. The van der Waals surface area contributed by atoms with Crippen LogP contribution in [0.1, 0.15) is 17.3 Å². The first-order valence-electron chi connectivity index (χ1n) is 8.02. The first-order valence-corrected chi connectivity index (χ1v) is 8.40. The number of halogens is 1. The Bertz CT molecular complexity index is 893. The molecule has 0 saturated carbocycles. The first-order chi connectivity index (χ1) is 12.7. The normalized spacial score (nSPS) is 12.9. The van der Waals surface area contributed by atoms with Crippen LogP contribution in [0.15, 0.2) is 47.4 Å². The Kier molecular flexibility index (Phi) is 6.59. The van der Waals surface area contributed by atoms with Crippen molar-refractivity contribution in [1.82, 2.24) is 9.88 Å². The number of carbonyl (C=O) groups is 2. The summed E-state index contributed by atoms with van der Waals surface area (Å²) in [4.78, 5) is 34.9. The number of pyridine rings is 1. The minimum Gasteiger partial charge on any atom is -0.490 e. The molecule has 0 saturated heterocycles. The molecule has 9 heteroatoms. The summed E-state index contributed by atoms with van der Waals surface area (Å²) >= 11 is 5.99. The second-order valence-electron chi connectivity index (χ2n) is 5.99.